The normalized spacial score (nSPS) is 12.3. The zero-order chi connectivity index (χ0) is 38.3. The molecule has 0 bridgehead atoms. The fourth-order valence-corrected chi connectivity index (χ4v) is 8.87. The fraction of sp³-hybridized carbons (Fsp3) is 0.0769. The van der Waals surface area contributed by atoms with Crippen molar-refractivity contribution >= 4 is 90.4 Å². The van der Waals surface area contributed by atoms with Gasteiger partial charge < -0.3 is 19.2 Å². The number of hydrogen-bond acceptors (Lipinski definition) is 3. The molecule has 0 unspecified atom stereocenters. The Labute approximate surface area is 332 Å². The fourth-order valence-electron chi connectivity index (χ4n) is 8.87. The van der Waals surface area contributed by atoms with Crippen LogP contribution in [-0.4, -0.2) is 11.8 Å². The van der Waals surface area contributed by atoms with Crippen molar-refractivity contribution in [2.75, 3.05) is 10.2 Å². The molecule has 0 amide bonds. The molecule has 10 aromatic rings. The first-order chi connectivity index (χ1) is 27.9. The number of aromatic nitrogens is 1. The maximum Gasteiger partial charge on any atom is 0.198 e. The Morgan fingerprint density at radius 1 is 0.596 bits per heavy atom. The molecule has 11 rings (SSSR count). The van der Waals surface area contributed by atoms with E-state index < -0.39 is 0 Å². The first-order valence-corrected chi connectivity index (χ1v) is 19.7. The van der Waals surface area contributed by atoms with Gasteiger partial charge in [0.15, 0.2) is 7.28 Å². The summed E-state index contributed by atoms with van der Waals surface area (Å²) in [5, 5.41) is 8.47. The summed E-state index contributed by atoms with van der Waals surface area (Å²) in [6.45, 7) is 6.89. The van der Waals surface area contributed by atoms with Crippen molar-refractivity contribution in [2.24, 2.45) is 0 Å². The van der Waals surface area contributed by atoms with E-state index in [2.05, 4.69) is 213 Å². The summed E-state index contributed by atoms with van der Waals surface area (Å²) in [6, 6.07) is 62.8. The molecular formula is C52H39BN3O. The number of anilines is 5. The van der Waals surface area contributed by atoms with Crippen LogP contribution in [0, 0.1) is 0 Å². The SMILES string of the molecule is CC(C)(C)c1ccc2c(c1)c1c3c(oc4ccccc43)c(-c3ccccc3Nc3ccccc3)c3c1n2-c1cc(N(c2ccccc2)c2ccccc2)ccc1[B]3. The molecule has 0 spiro atoms. The molecule has 1 N–H and O–H groups in total. The molecule has 1 radical (unpaired) electrons. The summed E-state index contributed by atoms with van der Waals surface area (Å²) < 4.78 is 9.57. The first-order valence-electron chi connectivity index (χ1n) is 19.7. The molecule has 0 atom stereocenters. The van der Waals surface area contributed by atoms with Crippen LogP contribution in [0.1, 0.15) is 26.3 Å². The molecule has 0 saturated carbocycles. The maximum atomic E-state index is 7.05. The molecule has 1 aliphatic rings. The summed E-state index contributed by atoms with van der Waals surface area (Å²) in [4.78, 5) is 2.35. The number of rotatable bonds is 6. The lowest BCUT2D eigenvalue weighted by Crippen LogP contribution is -2.37. The van der Waals surface area contributed by atoms with Gasteiger partial charge in [0.25, 0.3) is 0 Å². The lowest BCUT2D eigenvalue weighted by Gasteiger charge is -2.29. The third-order valence-corrected chi connectivity index (χ3v) is 11.5. The summed E-state index contributed by atoms with van der Waals surface area (Å²) >= 11 is 0. The first kappa shape index (κ1) is 33.4. The van der Waals surface area contributed by atoms with Gasteiger partial charge in [-0.25, -0.2) is 0 Å². The van der Waals surface area contributed by atoms with Gasteiger partial charge in [0.1, 0.15) is 11.2 Å². The highest BCUT2D eigenvalue weighted by molar-refractivity contribution is 6.74. The highest BCUT2D eigenvalue weighted by Gasteiger charge is 2.32. The van der Waals surface area contributed by atoms with Crippen molar-refractivity contribution in [3.8, 4) is 16.8 Å². The Morgan fingerprint density at radius 2 is 1.26 bits per heavy atom. The van der Waals surface area contributed by atoms with Crippen molar-refractivity contribution < 1.29 is 4.42 Å². The lowest BCUT2D eigenvalue weighted by molar-refractivity contribution is 0.591. The molecule has 57 heavy (non-hydrogen) atoms. The van der Waals surface area contributed by atoms with Gasteiger partial charge in [0.05, 0.1) is 5.52 Å². The van der Waals surface area contributed by atoms with Crippen molar-refractivity contribution in [2.45, 2.75) is 26.2 Å². The van der Waals surface area contributed by atoms with Crippen LogP contribution in [0.4, 0.5) is 28.4 Å². The Morgan fingerprint density at radius 3 is 2.00 bits per heavy atom. The molecule has 0 saturated heterocycles. The second kappa shape index (κ2) is 12.8. The number of nitrogens with one attached hydrogen (secondary N) is 1. The molecule has 3 heterocycles. The van der Waals surface area contributed by atoms with Crippen LogP contribution in [-0.2, 0) is 5.41 Å². The van der Waals surface area contributed by atoms with Gasteiger partial charge >= 0.3 is 0 Å². The van der Waals surface area contributed by atoms with E-state index in [0.29, 0.717) is 0 Å². The van der Waals surface area contributed by atoms with Gasteiger partial charge in [0, 0.05) is 72.3 Å². The summed E-state index contributed by atoms with van der Waals surface area (Å²) in [7, 11) is 2.39. The van der Waals surface area contributed by atoms with Gasteiger partial charge in [-0.15, -0.1) is 0 Å². The van der Waals surface area contributed by atoms with E-state index in [-0.39, 0.29) is 5.41 Å². The van der Waals surface area contributed by atoms with Crippen LogP contribution >= 0.6 is 0 Å². The predicted molar refractivity (Wildman–Crippen MR) is 242 cm³/mol. The van der Waals surface area contributed by atoms with E-state index in [4.69, 9.17) is 4.42 Å². The van der Waals surface area contributed by atoms with Crippen molar-refractivity contribution in [3.63, 3.8) is 0 Å². The minimum atomic E-state index is -0.0335. The Bertz CT molecular complexity index is 3120. The molecule has 4 nitrogen and oxygen atoms in total. The zero-order valence-corrected chi connectivity index (χ0v) is 32.1. The van der Waals surface area contributed by atoms with Crippen LogP contribution in [0.2, 0.25) is 0 Å². The third-order valence-electron chi connectivity index (χ3n) is 11.5. The number of para-hydroxylation sites is 5. The third kappa shape index (κ3) is 5.30. The Hall–Kier alpha value is -6.98. The van der Waals surface area contributed by atoms with E-state index in [1.54, 1.807) is 0 Å². The smallest absolute Gasteiger partial charge is 0.198 e. The van der Waals surface area contributed by atoms with Crippen molar-refractivity contribution in [1.82, 2.24) is 4.57 Å². The van der Waals surface area contributed by atoms with Crippen LogP contribution in [0.25, 0.3) is 60.6 Å². The summed E-state index contributed by atoms with van der Waals surface area (Å²) in [6.07, 6.45) is 0. The highest BCUT2D eigenvalue weighted by atomic mass is 16.3. The number of furan rings is 1. The molecule has 0 fully saturated rings. The van der Waals surface area contributed by atoms with Gasteiger partial charge in [-0.2, -0.15) is 0 Å². The number of nitrogens with zero attached hydrogens (tertiary/aromatic N) is 2. The van der Waals surface area contributed by atoms with Crippen molar-refractivity contribution in [3.05, 3.63) is 181 Å². The zero-order valence-electron chi connectivity index (χ0n) is 32.1. The molecule has 2 aromatic heterocycles. The molecule has 1 aliphatic heterocycles. The van der Waals surface area contributed by atoms with Gasteiger partial charge in [-0.1, -0.05) is 129 Å². The maximum absolute atomic E-state index is 7.05. The van der Waals surface area contributed by atoms with E-state index in [1.807, 2.05) is 6.07 Å². The van der Waals surface area contributed by atoms with Crippen molar-refractivity contribution in [1.29, 1.82) is 0 Å². The number of benzene rings is 8. The molecule has 271 valence electrons. The second-order valence-electron chi connectivity index (χ2n) is 16.1. The number of fused-ring (bicyclic) bond motifs is 9. The van der Waals surface area contributed by atoms with Gasteiger partial charge in [-0.05, 0) is 89.2 Å². The average Bonchev–Trinajstić information content (AvgIpc) is 3.79. The quantitative estimate of drug-likeness (QED) is 0.173. The molecule has 5 heteroatoms. The minimum absolute atomic E-state index is 0.0335. The van der Waals surface area contributed by atoms with Gasteiger partial charge in [0.2, 0.25) is 0 Å². The standard InChI is InChI=1S/C52H39BN3O/c1-52(2,3)33-27-30-43-40(31-33)46-47-39-24-14-16-26-45(39)57-51(47)48(38-23-13-15-25-42(38)54-34-17-7-4-8-18-34)49-50(46)56(43)44-32-37(28-29-41(44)53-49)55(35-19-9-5-10-20-35)36-21-11-6-12-22-36/h4-32,54H,1-3H3. The van der Waals surface area contributed by atoms with Crippen LogP contribution < -0.4 is 21.1 Å². The largest absolute Gasteiger partial charge is 0.455 e. The van der Waals surface area contributed by atoms with E-state index in [1.165, 1.54) is 27.4 Å². The summed E-state index contributed by atoms with van der Waals surface area (Å²) in [5.41, 5.74) is 16.4. The second-order valence-corrected chi connectivity index (χ2v) is 16.1. The minimum Gasteiger partial charge on any atom is -0.455 e. The molecular weight excluding hydrogens is 693 g/mol. The topological polar surface area (TPSA) is 33.3 Å². The average molecular weight is 733 g/mol. The molecule has 8 aromatic carbocycles. The van der Waals surface area contributed by atoms with Crippen LogP contribution in [0.15, 0.2) is 180 Å². The monoisotopic (exact) mass is 732 g/mol. The van der Waals surface area contributed by atoms with E-state index in [9.17, 15) is 0 Å². The molecule has 0 aliphatic carbocycles. The highest BCUT2D eigenvalue weighted by Crippen LogP contribution is 2.47. The van der Waals surface area contributed by atoms with Gasteiger partial charge in [-0.3, -0.25) is 0 Å². The number of hydrogen-bond donors (Lipinski definition) is 1. The lowest BCUT2D eigenvalue weighted by atomic mass is 9.58. The Balaban J connectivity index is 1.27. The predicted octanol–water partition coefficient (Wildman–Crippen LogP) is 12.8. The van der Waals surface area contributed by atoms with E-state index >= 15 is 0 Å². The van der Waals surface area contributed by atoms with Crippen LogP contribution in [0.3, 0.4) is 0 Å². The van der Waals surface area contributed by atoms with E-state index in [0.717, 1.165) is 78.1 Å². The van der Waals surface area contributed by atoms with Crippen LogP contribution in [0.5, 0.6) is 0 Å². The summed E-state index contributed by atoms with van der Waals surface area (Å²) in [5.74, 6) is 0. The Kier molecular flexibility index (Phi) is 7.49.